The molecular formula is C24H22N6O3. The number of nitrogens with zero attached hydrogens (tertiary/aromatic N) is 3. The molecule has 0 fully saturated rings. The molecule has 2 amide bonds. The highest BCUT2D eigenvalue weighted by Gasteiger charge is 2.14. The number of hydrogen-bond donors (Lipinski definition) is 3. The Labute approximate surface area is 190 Å². The van der Waals surface area contributed by atoms with Crippen LogP contribution >= 0.6 is 0 Å². The third-order valence-corrected chi connectivity index (χ3v) is 5.13. The molecule has 0 bridgehead atoms. The number of carbonyl (C=O) groups is 2. The maximum Gasteiger partial charge on any atom is 0.255 e. The highest BCUT2D eigenvalue weighted by atomic mass is 16.5. The molecule has 166 valence electrons. The van der Waals surface area contributed by atoms with Gasteiger partial charge in [-0.3, -0.25) is 9.59 Å². The van der Waals surface area contributed by atoms with E-state index in [1.807, 2.05) is 37.3 Å². The lowest BCUT2D eigenvalue weighted by atomic mass is 10.1. The lowest BCUT2D eigenvalue weighted by Gasteiger charge is -2.17. The van der Waals surface area contributed by atoms with Gasteiger partial charge in [0.15, 0.2) is 0 Å². The van der Waals surface area contributed by atoms with Crippen molar-refractivity contribution >= 4 is 34.2 Å². The van der Waals surface area contributed by atoms with E-state index in [9.17, 15) is 9.59 Å². The first-order valence-corrected chi connectivity index (χ1v) is 10.2. The number of hydrogen-bond acceptors (Lipinski definition) is 7. The molecule has 0 saturated carbocycles. The van der Waals surface area contributed by atoms with Crippen molar-refractivity contribution in [3.63, 3.8) is 0 Å². The van der Waals surface area contributed by atoms with Crippen molar-refractivity contribution < 1.29 is 14.3 Å². The molecule has 4 rings (SSSR count). The molecule has 2 aromatic heterocycles. The summed E-state index contributed by atoms with van der Waals surface area (Å²) in [5, 5.41) is 6.94. The number of anilines is 2. The fourth-order valence-corrected chi connectivity index (χ4v) is 3.44. The number of ether oxygens (including phenoxy) is 1. The molecule has 0 spiro atoms. The number of fused-ring (bicyclic) bond motifs is 1. The number of methoxy groups -OCH3 is 1. The number of nitrogens with one attached hydrogen (secondary N) is 2. The average Bonchev–Trinajstić information content (AvgIpc) is 2.84. The quantitative estimate of drug-likeness (QED) is 0.399. The Kier molecular flexibility index (Phi) is 6.12. The number of carbonyl (C=O) groups excluding carboxylic acids is 2. The molecule has 0 aliphatic rings. The molecular weight excluding hydrogens is 420 g/mol. The molecule has 33 heavy (non-hydrogen) atoms. The second kappa shape index (κ2) is 9.31. The van der Waals surface area contributed by atoms with Crippen LogP contribution < -0.4 is 21.1 Å². The van der Waals surface area contributed by atoms with Crippen LogP contribution in [0.3, 0.4) is 0 Å². The van der Waals surface area contributed by atoms with E-state index in [0.717, 1.165) is 5.56 Å². The van der Waals surface area contributed by atoms with E-state index >= 15 is 0 Å². The largest absolute Gasteiger partial charge is 0.481 e. The Morgan fingerprint density at radius 1 is 1.03 bits per heavy atom. The summed E-state index contributed by atoms with van der Waals surface area (Å²) in [7, 11) is 1.50. The van der Waals surface area contributed by atoms with Crippen LogP contribution in [0.15, 0.2) is 67.1 Å². The van der Waals surface area contributed by atoms with E-state index in [2.05, 4.69) is 25.6 Å². The normalized spacial score (nSPS) is 11.6. The number of rotatable bonds is 7. The second-order valence-corrected chi connectivity index (χ2v) is 7.32. The van der Waals surface area contributed by atoms with E-state index in [1.54, 1.807) is 24.3 Å². The summed E-state index contributed by atoms with van der Waals surface area (Å²) in [5.41, 5.74) is 8.31. The minimum absolute atomic E-state index is 0.154. The van der Waals surface area contributed by atoms with Crippen LogP contribution in [0, 0.1) is 0 Å². The van der Waals surface area contributed by atoms with Crippen LogP contribution in [-0.2, 0) is 0 Å². The van der Waals surface area contributed by atoms with Crippen molar-refractivity contribution in [3.8, 4) is 5.88 Å². The number of amides is 2. The van der Waals surface area contributed by atoms with Crippen LogP contribution in [0.25, 0.3) is 10.9 Å². The smallest absolute Gasteiger partial charge is 0.255 e. The SMILES string of the molecule is COc1cc(C(=O)Nc2cccc(C(C)Nc3ncnc4c(C(N)=O)cccc34)c2)ccn1. The average molecular weight is 442 g/mol. The van der Waals surface area contributed by atoms with E-state index in [-0.39, 0.29) is 11.9 Å². The van der Waals surface area contributed by atoms with Gasteiger partial charge in [0.25, 0.3) is 11.8 Å². The molecule has 9 heteroatoms. The molecule has 4 N–H and O–H groups in total. The molecule has 2 aromatic carbocycles. The van der Waals surface area contributed by atoms with Gasteiger partial charge in [-0.25, -0.2) is 15.0 Å². The Balaban J connectivity index is 1.55. The fourth-order valence-electron chi connectivity index (χ4n) is 3.44. The summed E-state index contributed by atoms with van der Waals surface area (Å²) in [5.74, 6) is 0.127. The molecule has 0 aliphatic heterocycles. The van der Waals surface area contributed by atoms with E-state index in [0.29, 0.717) is 39.4 Å². The Morgan fingerprint density at radius 2 is 1.85 bits per heavy atom. The minimum Gasteiger partial charge on any atom is -0.481 e. The molecule has 9 nitrogen and oxygen atoms in total. The Bertz CT molecular complexity index is 1340. The maximum atomic E-state index is 12.6. The van der Waals surface area contributed by atoms with Crippen molar-refractivity contribution in [2.75, 3.05) is 17.7 Å². The summed E-state index contributed by atoms with van der Waals surface area (Å²) < 4.78 is 5.08. The van der Waals surface area contributed by atoms with Gasteiger partial charge in [0.05, 0.1) is 24.2 Å². The highest BCUT2D eigenvalue weighted by Crippen LogP contribution is 2.27. The van der Waals surface area contributed by atoms with Crippen LogP contribution in [0.2, 0.25) is 0 Å². The second-order valence-electron chi connectivity index (χ2n) is 7.32. The minimum atomic E-state index is -0.548. The van der Waals surface area contributed by atoms with Crippen LogP contribution in [0.5, 0.6) is 5.88 Å². The van der Waals surface area contributed by atoms with E-state index in [1.165, 1.54) is 19.6 Å². The molecule has 0 saturated heterocycles. The van der Waals surface area contributed by atoms with Gasteiger partial charge in [-0.2, -0.15) is 0 Å². The van der Waals surface area contributed by atoms with Gasteiger partial charge in [0.2, 0.25) is 5.88 Å². The van der Waals surface area contributed by atoms with Crippen molar-refractivity contribution in [1.82, 2.24) is 15.0 Å². The Hall–Kier alpha value is -4.53. The molecule has 0 radical (unpaired) electrons. The molecule has 1 unspecified atom stereocenters. The van der Waals surface area contributed by atoms with Gasteiger partial charge < -0.3 is 21.1 Å². The first kappa shape index (κ1) is 21.7. The van der Waals surface area contributed by atoms with Crippen LogP contribution in [-0.4, -0.2) is 33.9 Å². The number of nitrogens with two attached hydrogens (primary N) is 1. The van der Waals surface area contributed by atoms with Gasteiger partial charge in [-0.05, 0) is 42.8 Å². The fraction of sp³-hybridized carbons (Fsp3) is 0.125. The predicted molar refractivity (Wildman–Crippen MR) is 125 cm³/mol. The predicted octanol–water partition coefficient (Wildman–Crippen LogP) is 3.56. The van der Waals surface area contributed by atoms with Crippen molar-refractivity contribution in [2.24, 2.45) is 5.73 Å². The summed E-state index contributed by atoms with van der Waals surface area (Å²) in [4.78, 5) is 36.9. The topological polar surface area (TPSA) is 132 Å². The van der Waals surface area contributed by atoms with Gasteiger partial charge in [-0.1, -0.05) is 18.2 Å². The van der Waals surface area contributed by atoms with Crippen LogP contribution in [0.4, 0.5) is 11.5 Å². The van der Waals surface area contributed by atoms with Crippen molar-refractivity contribution in [1.29, 1.82) is 0 Å². The van der Waals surface area contributed by atoms with Crippen molar-refractivity contribution in [3.05, 3.63) is 83.8 Å². The first-order chi connectivity index (χ1) is 16.0. The summed E-state index contributed by atoms with van der Waals surface area (Å²) >= 11 is 0. The number of para-hydroxylation sites is 1. The first-order valence-electron chi connectivity index (χ1n) is 10.2. The van der Waals surface area contributed by atoms with Gasteiger partial charge in [-0.15, -0.1) is 0 Å². The standard InChI is InChI=1S/C24H22N6O3/c1-14(29-23-19-8-4-7-18(22(25)31)21(19)27-13-28-23)15-5-3-6-17(11-15)30-24(32)16-9-10-26-20(12-16)33-2/h3-14H,1-2H3,(H2,25,31)(H,30,32)(H,27,28,29). The molecule has 4 aromatic rings. The third kappa shape index (κ3) is 4.72. The van der Waals surface area contributed by atoms with E-state index in [4.69, 9.17) is 10.5 Å². The number of pyridine rings is 1. The van der Waals surface area contributed by atoms with E-state index < -0.39 is 5.91 Å². The van der Waals surface area contributed by atoms with Gasteiger partial charge in [0, 0.05) is 28.9 Å². The van der Waals surface area contributed by atoms with Gasteiger partial charge >= 0.3 is 0 Å². The number of primary amides is 1. The summed E-state index contributed by atoms with van der Waals surface area (Å²) in [6.07, 6.45) is 2.91. The van der Waals surface area contributed by atoms with Crippen LogP contribution in [0.1, 0.15) is 39.2 Å². The lowest BCUT2D eigenvalue weighted by Crippen LogP contribution is -2.14. The monoisotopic (exact) mass is 442 g/mol. The number of benzene rings is 2. The Morgan fingerprint density at radius 3 is 2.64 bits per heavy atom. The summed E-state index contributed by atoms with van der Waals surface area (Å²) in [6.45, 7) is 1.97. The lowest BCUT2D eigenvalue weighted by molar-refractivity contribution is 0.0998. The zero-order chi connectivity index (χ0) is 23.4. The third-order valence-electron chi connectivity index (χ3n) is 5.13. The summed E-state index contributed by atoms with van der Waals surface area (Å²) in [6, 6.07) is 15.7. The van der Waals surface area contributed by atoms with Gasteiger partial charge in [0.1, 0.15) is 12.1 Å². The number of aromatic nitrogens is 3. The molecule has 2 heterocycles. The highest BCUT2D eigenvalue weighted by molar-refractivity contribution is 6.07. The van der Waals surface area contributed by atoms with Crippen molar-refractivity contribution in [2.45, 2.75) is 13.0 Å². The zero-order valence-corrected chi connectivity index (χ0v) is 18.1. The molecule has 1 atom stereocenters. The maximum absolute atomic E-state index is 12.6. The zero-order valence-electron chi connectivity index (χ0n) is 18.1. The molecule has 0 aliphatic carbocycles.